The third-order valence-corrected chi connectivity index (χ3v) is 3.56. The van der Waals surface area contributed by atoms with Gasteiger partial charge in [0.25, 0.3) is 0 Å². The second-order valence-electron chi connectivity index (χ2n) is 5.03. The molecule has 0 aliphatic heterocycles. The molecule has 2 aromatic heterocycles. The minimum atomic E-state index is 0.0245. The first kappa shape index (κ1) is 13.6. The molecule has 3 aromatic rings. The van der Waals surface area contributed by atoms with Crippen LogP contribution in [0.25, 0.3) is 0 Å². The minimum Gasteiger partial charge on any atom is -0.467 e. The molecule has 0 bridgehead atoms. The molecule has 1 N–H and O–H groups in total. The molecule has 2 heterocycles. The van der Waals surface area contributed by atoms with Crippen LogP contribution in [0.5, 0.6) is 0 Å². The highest BCUT2D eigenvalue weighted by atomic mass is 16.3. The molecule has 1 unspecified atom stereocenters. The monoisotopic (exact) mass is 278 g/mol. The van der Waals surface area contributed by atoms with Crippen LogP contribution in [-0.2, 0) is 0 Å². The van der Waals surface area contributed by atoms with E-state index in [1.165, 1.54) is 5.56 Å². The second kappa shape index (κ2) is 6.37. The van der Waals surface area contributed by atoms with Gasteiger partial charge >= 0.3 is 0 Å². The SMILES string of the molecule is C[C@H](NC(c1ccccc1)c1ccco1)c1cccnc1. The lowest BCUT2D eigenvalue weighted by molar-refractivity contribution is 0.419. The summed E-state index contributed by atoms with van der Waals surface area (Å²) >= 11 is 0. The molecule has 3 nitrogen and oxygen atoms in total. The topological polar surface area (TPSA) is 38.1 Å². The van der Waals surface area contributed by atoms with E-state index in [1.54, 1.807) is 12.5 Å². The molecule has 0 saturated heterocycles. The number of hydrogen-bond donors (Lipinski definition) is 1. The van der Waals surface area contributed by atoms with Crippen LogP contribution in [-0.4, -0.2) is 4.98 Å². The summed E-state index contributed by atoms with van der Waals surface area (Å²) in [5.74, 6) is 0.914. The zero-order valence-corrected chi connectivity index (χ0v) is 11.9. The van der Waals surface area contributed by atoms with E-state index in [4.69, 9.17) is 4.42 Å². The summed E-state index contributed by atoms with van der Waals surface area (Å²) in [4.78, 5) is 4.19. The summed E-state index contributed by atoms with van der Waals surface area (Å²) in [5, 5.41) is 3.62. The first-order valence-corrected chi connectivity index (χ1v) is 7.09. The van der Waals surface area contributed by atoms with E-state index >= 15 is 0 Å². The predicted molar refractivity (Wildman–Crippen MR) is 82.8 cm³/mol. The van der Waals surface area contributed by atoms with E-state index in [0.29, 0.717) is 0 Å². The van der Waals surface area contributed by atoms with E-state index < -0.39 is 0 Å². The van der Waals surface area contributed by atoms with Crippen molar-refractivity contribution in [3.8, 4) is 0 Å². The number of hydrogen-bond acceptors (Lipinski definition) is 3. The molecular formula is C18H18N2O. The van der Waals surface area contributed by atoms with Gasteiger partial charge in [-0.2, -0.15) is 0 Å². The normalized spacial score (nSPS) is 13.8. The maximum atomic E-state index is 5.61. The number of pyridine rings is 1. The number of furan rings is 1. The summed E-state index contributed by atoms with van der Waals surface area (Å²) in [6, 6.07) is 18.5. The Morgan fingerprint density at radius 2 is 1.76 bits per heavy atom. The molecule has 21 heavy (non-hydrogen) atoms. The molecule has 0 saturated carbocycles. The largest absolute Gasteiger partial charge is 0.467 e. The van der Waals surface area contributed by atoms with Crippen LogP contribution < -0.4 is 5.32 Å². The Labute approximate surface area is 124 Å². The fourth-order valence-corrected chi connectivity index (χ4v) is 2.42. The Kier molecular flexibility index (Phi) is 4.12. The van der Waals surface area contributed by atoms with Gasteiger partial charge in [-0.05, 0) is 36.2 Å². The molecule has 3 rings (SSSR count). The van der Waals surface area contributed by atoms with Crippen molar-refractivity contribution < 1.29 is 4.42 Å². The molecular weight excluding hydrogens is 260 g/mol. The van der Waals surface area contributed by atoms with Crippen molar-refractivity contribution in [1.82, 2.24) is 10.3 Å². The Balaban J connectivity index is 1.87. The standard InChI is InChI=1S/C18H18N2O/c1-14(16-9-5-11-19-13-16)20-18(17-10-6-12-21-17)15-7-3-2-4-8-15/h2-14,18,20H,1H3/t14-,18?/m0/s1. The molecule has 0 fully saturated rings. The van der Waals surface area contributed by atoms with Crippen LogP contribution in [0.1, 0.15) is 35.9 Å². The molecule has 2 atom stereocenters. The van der Waals surface area contributed by atoms with Crippen molar-refractivity contribution >= 4 is 0 Å². The van der Waals surface area contributed by atoms with Crippen molar-refractivity contribution in [2.45, 2.75) is 19.0 Å². The van der Waals surface area contributed by atoms with Crippen molar-refractivity contribution in [3.05, 3.63) is 90.1 Å². The summed E-state index contributed by atoms with van der Waals surface area (Å²) in [7, 11) is 0. The van der Waals surface area contributed by atoms with Crippen LogP contribution in [0.2, 0.25) is 0 Å². The van der Waals surface area contributed by atoms with Crippen molar-refractivity contribution in [3.63, 3.8) is 0 Å². The van der Waals surface area contributed by atoms with Gasteiger partial charge in [0.2, 0.25) is 0 Å². The van der Waals surface area contributed by atoms with Gasteiger partial charge in [-0.3, -0.25) is 10.3 Å². The number of aromatic nitrogens is 1. The molecule has 0 amide bonds. The highest BCUT2D eigenvalue weighted by Crippen LogP contribution is 2.25. The Hall–Kier alpha value is -2.39. The number of nitrogens with one attached hydrogen (secondary N) is 1. The summed E-state index contributed by atoms with van der Waals surface area (Å²) in [6.07, 6.45) is 5.39. The van der Waals surface area contributed by atoms with Gasteiger partial charge in [-0.15, -0.1) is 0 Å². The van der Waals surface area contributed by atoms with Gasteiger partial charge in [0.05, 0.1) is 12.3 Å². The molecule has 0 aliphatic carbocycles. The van der Waals surface area contributed by atoms with Gasteiger partial charge < -0.3 is 4.42 Å². The van der Waals surface area contributed by atoms with Gasteiger partial charge in [-0.1, -0.05) is 36.4 Å². The predicted octanol–water partition coefficient (Wildman–Crippen LogP) is 4.11. The maximum Gasteiger partial charge on any atom is 0.125 e. The average molecular weight is 278 g/mol. The summed E-state index contributed by atoms with van der Waals surface area (Å²) in [6.45, 7) is 2.13. The molecule has 0 spiro atoms. The first-order valence-electron chi connectivity index (χ1n) is 7.09. The smallest absolute Gasteiger partial charge is 0.125 e. The van der Waals surface area contributed by atoms with Crippen molar-refractivity contribution in [1.29, 1.82) is 0 Å². The maximum absolute atomic E-state index is 5.61. The third-order valence-electron chi connectivity index (χ3n) is 3.56. The van der Waals surface area contributed by atoms with Gasteiger partial charge in [0.1, 0.15) is 5.76 Å². The number of benzene rings is 1. The van der Waals surface area contributed by atoms with Gasteiger partial charge in [-0.25, -0.2) is 0 Å². The third kappa shape index (κ3) is 3.20. The van der Waals surface area contributed by atoms with Crippen LogP contribution in [0.3, 0.4) is 0 Å². The van der Waals surface area contributed by atoms with Gasteiger partial charge in [0.15, 0.2) is 0 Å². The average Bonchev–Trinajstić information content (AvgIpc) is 3.08. The highest BCUT2D eigenvalue weighted by molar-refractivity contribution is 5.27. The quantitative estimate of drug-likeness (QED) is 0.763. The summed E-state index contributed by atoms with van der Waals surface area (Å²) in [5.41, 5.74) is 2.34. The Morgan fingerprint density at radius 3 is 2.43 bits per heavy atom. The molecule has 0 radical (unpaired) electrons. The van der Waals surface area contributed by atoms with E-state index in [-0.39, 0.29) is 12.1 Å². The second-order valence-corrected chi connectivity index (χ2v) is 5.03. The lowest BCUT2D eigenvalue weighted by atomic mass is 10.0. The molecule has 0 aliphatic rings. The van der Waals surface area contributed by atoms with E-state index in [1.807, 2.05) is 42.6 Å². The van der Waals surface area contributed by atoms with Crippen molar-refractivity contribution in [2.75, 3.05) is 0 Å². The van der Waals surface area contributed by atoms with Crippen LogP contribution >= 0.6 is 0 Å². The zero-order chi connectivity index (χ0) is 14.5. The number of rotatable bonds is 5. The Morgan fingerprint density at radius 1 is 0.952 bits per heavy atom. The van der Waals surface area contributed by atoms with Crippen LogP contribution in [0, 0.1) is 0 Å². The number of nitrogens with zero attached hydrogens (tertiary/aromatic N) is 1. The highest BCUT2D eigenvalue weighted by Gasteiger charge is 2.19. The lowest BCUT2D eigenvalue weighted by Crippen LogP contribution is -2.25. The Bertz CT molecular complexity index is 650. The lowest BCUT2D eigenvalue weighted by Gasteiger charge is -2.22. The van der Waals surface area contributed by atoms with Crippen LogP contribution in [0.15, 0.2) is 77.7 Å². The zero-order valence-electron chi connectivity index (χ0n) is 11.9. The summed E-state index contributed by atoms with van der Waals surface area (Å²) < 4.78 is 5.61. The molecule has 3 heteroatoms. The molecule has 106 valence electrons. The minimum absolute atomic E-state index is 0.0245. The first-order chi connectivity index (χ1) is 10.3. The van der Waals surface area contributed by atoms with E-state index in [9.17, 15) is 0 Å². The van der Waals surface area contributed by atoms with Gasteiger partial charge in [0, 0.05) is 18.4 Å². The molecule has 1 aromatic carbocycles. The van der Waals surface area contributed by atoms with E-state index in [2.05, 4.69) is 35.4 Å². The fraction of sp³-hybridized carbons (Fsp3) is 0.167. The fourth-order valence-electron chi connectivity index (χ4n) is 2.42. The van der Waals surface area contributed by atoms with Crippen molar-refractivity contribution in [2.24, 2.45) is 0 Å². The van der Waals surface area contributed by atoms with Crippen LogP contribution in [0.4, 0.5) is 0 Å². The van der Waals surface area contributed by atoms with E-state index in [0.717, 1.165) is 11.3 Å².